The van der Waals surface area contributed by atoms with Crippen molar-refractivity contribution in [2.24, 2.45) is 5.73 Å². The zero-order valence-corrected chi connectivity index (χ0v) is 12.1. The van der Waals surface area contributed by atoms with Crippen molar-refractivity contribution < 1.29 is 9.90 Å². The maximum absolute atomic E-state index is 10.2. The average molecular weight is 309 g/mol. The van der Waals surface area contributed by atoms with Gasteiger partial charge in [0.1, 0.15) is 11.4 Å². The number of nitrogens with zero attached hydrogens (tertiary/aromatic N) is 1. The van der Waals surface area contributed by atoms with Crippen LogP contribution >= 0.6 is 11.6 Å². The monoisotopic (exact) mass is 308 g/mol. The molecule has 1 saturated carbocycles. The molecule has 112 valence electrons. The Morgan fingerprint density at radius 2 is 2.14 bits per heavy atom. The molecule has 1 aliphatic carbocycles. The predicted octanol–water partition coefficient (Wildman–Crippen LogP) is 2.40. The molecule has 0 aliphatic heterocycles. The van der Waals surface area contributed by atoms with E-state index in [0.29, 0.717) is 22.3 Å². The highest BCUT2D eigenvalue weighted by atomic mass is 35.5. The van der Waals surface area contributed by atoms with E-state index in [0.717, 1.165) is 5.56 Å². The number of nitrogens with one attached hydrogen (secondary N) is 1. The molecule has 0 atom stereocenters. The summed E-state index contributed by atoms with van der Waals surface area (Å²) in [4.78, 5) is 16.4. The van der Waals surface area contributed by atoms with Crippen LogP contribution in [0.25, 0.3) is 0 Å². The summed E-state index contributed by atoms with van der Waals surface area (Å²) in [7, 11) is 0. The van der Waals surface area contributed by atoms with Gasteiger partial charge in [-0.25, -0.2) is 4.98 Å². The summed E-state index contributed by atoms with van der Waals surface area (Å²) in [6, 6.07) is 3.33. The number of carbonyl (C=O) groups is 1. The molecule has 0 unspecified atom stereocenters. The smallest absolute Gasteiger partial charge is 0.266 e. The minimum atomic E-state index is -0.484. The Balaban J connectivity index is 0.000000173. The number of aromatic nitrogens is 2. The van der Waals surface area contributed by atoms with E-state index in [2.05, 4.69) is 9.97 Å². The normalized spacial score (nSPS) is 14.0. The van der Waals surface area contributed by atoms with E-state index < -0.39 is 5.91 Å². The van der Waals surface area contributed by atoms with Crippen LogP contribution in [0.5, 0.6) is 5.75 Å². The van der Waals surface area contributed by atoms with Crippen molar-refractivity contribution in [3.05, 3.63) is 40.9 Å². The predicted molar refractivity (Wildman–Crippen MR) is 81.2 cm³/mol. The van der Waals surface area contributed by atoms with Crippen molar-refractivity contribution in [3.8, 4) is 5.75 Å². The van der Waals surface area contributed by atoms with Crippen molar-refractivity contribution >= 4 is 23.2 Å². The molecule has 0 spiro atoms. The summed E-state index contributed by atoms with van der Waals surface area (Å²) in [5, 5.41) is 9.92. The standard InChI is InChI=1S/C10H12ClNO.C4H5N3O/c11-8-5-10(13)9(12)4-7(8)6-2-1-3-6;5-4(8)3-1-6-2-7-3/h4-6,13H,1-3,12H2;1-2H,(H2,5,8)(H,6,7). The lowest BCUT2D eigenvalue weighted by Gasteiger charge is -2.27. The first-order chi connectivity index (χ1) is 9.99. The van der Waals surface area contributed by atoms with Gasteiger partial charge in [-0.2, -0.15) is 0 Å². The number of phenolic OH excluding ortho intramolecular Hbond substituents is 1. The largest absolute Gasteiger partial charge is 0.506 e. The molecule has 0 radical (unpaired) electrons. The summed E-state index contributed by atoms with van der Waals surface area (Å²) in [6.07, 6.45) is 6.41. The van der Waals surface area contributed by atoms with E-state index in [1.807, 2.05) is 0 Å². The number of primary amides is 1. The number of aromatic amines is 1. The van der Waals surface area contributed by atoms with E-state index in [1.165, 1.54) is 37.9 Å². The van der Waals surface area contributed by atoms with Gasteiger partial charge < -0.3 is 21.6 Å². The Morgan fingerprint density at radius 1 is 1.43 bits per heavy atom. The SMILES string of the molecule is NC(=O)c1cnc[nH]1.Nc1cc(C2CCC2)c(Cl)cc1O. The molecule has 1 fully saturated rings. The molecule has 21 heavy (non-hydrogen) atoms. The van der Waals surface area contributed by atoms with Crippen LogP contribution in [-0.4, -0.2) is 21.0 Å². The molecule has 2 aromatic rings. The van der Waals surface area contributed by atoms with Gasteiger partial charge in [-0.3, -0.25) is 4.79 Å². The third-order valence-electron chi connectivity index (χ3n) is 3.45. The topological polar surface area (TPSA) is 118 Å². The molecule has 3 rings (SSSR count). The second kappa shape index (κ2) is 6.49. The van der Waals surface area contributed by atoms with Gasteiger partial charge in [0.15, 0.2) is 0 Å². The third kappa shape index (κ3) is 3.66. The zero-order chi connectivity index (χ0) is 15.4. The number of halogens is 1. The number of anilines is 1. The molecule has 1 aliphatic rings. The number of phenols is 1. The molecule has 0 saturated heterocycles. The third-order valence-corrected chi connectivity index (χ3v) is 3.78. The first-order valence-corrected chi connectivity index (χ1v) is 6.93. The number of imidazole rings is 1. The number of amides is 1. The first kappa shape index (κ1) is 15.2. The Labute approximate surface area is 127 Å². The van der Waals surface area contributed by atoms with Crippen LogP contribution in [0.1, 0.15) is 41.2 Å². The first-order valence-electron chi connectivity index (χ1n) is 6.55. The lowest BCUT2D eigenvalue weighted by molar-refractivity contribution is 0.0996. The van der Waals surface area contributed by atoms with Gasteiger partial charge in [0.05, 0.1) is 18.2 Å². The van der Waals surface area contributed by atoms with Crippen molar-refractivity contribution in [3.63, 3.8) is 0 Å². The quantitative estimate of drug-likeness (QED) is 0.503. The number of hydrogen-bond donors (Lipinski definition) is 4. The fourth-order valence-electron chi connectivity index (χ4n) is 2.02. The second-order valence-electron chi connectivity index (χ2n) is 4.89. The number of nitrogen functional groups attached to an aromatic ring is 1. The number of nitrogens with two attached hydrogens (primary N) is 2. The van der Waals surface area contributed by atoms with Gasteiger partial charge in [0.25, 0.3) is 5.91 Å². The van der Waals surface area contributed by atoms with Crippen LogP contribution in [0.2, 0.25) is 5.02 Å². The Hall–Kier alpha value is -2.21. The molecule has 1 aromatic heterocycles. The zero-order valence-electron chi connectivity index (χ0n) is 11.3. The number of aromatic hydroxyl groups is 1. The van der Waals surface area contributed by atoms with Gasteiger partial charge in [0.2, 0.25) is 0 Å². The minimum absolute atomic E-state index is 0.0769. The maximum Gasteiger partial charge on any atom is 0.266 e. The van der Waals surface area contributed by atoms with Crippen molar-refractivity contribution in [1.29, 1.82) is 0 Å². The Morgan fingerprint density at radius 3 is 2.57 bits per heavy atom. The number of H-pyrrole nitrogens is 1. The van der Waals surface area contributed by atoms with Crippen LogP contribution in [0.4, 0.5) is 5.69 Å². The molecule has 7 heteroatoms. The van der Waals surface area contributed by atoms with Crippen LogP contribution in [0.3, 0.4) is 0 Å². The summed E-state index contributed by atoms with van der Waals surface area (Å²) in [5.74, 6) is 0.144. The van der Waals surface area contributed by atoms with Crippen molar-refractivity contribution in [2.75, 3.05) is 5.73 Å². The van der Waals surface area contributed by atoms with E-state index in [9.17, 15) is 9.90 Å². The van der Waals surface area contributed by atoms with E-state index >= 15 is 0 Å². The van der Waals surface area contributed by atoms with Crippen LogP contribution in [0, 0.1) is 0 Å². The Kier molecular flexibility index (Phi) is 4.70. The maximum atomic E-state index is 10.2. The molecule has 1 amide bonds. The van der Waals surface area contributed by atoms with Crippen LogP contribution < -0.4 is 11.5 Å². The van der Waals surface area contributed by atoms with Gasteiger partial charge in [-0.05, 0) is 30.4 Å². The van der Waals surface area contributed by atoms with Gasteiger partial charge in [-0.15, -0.1) is 0 Å². The van der Waals surface area contributed by atoms with E-state index in [1.54, 1.807) is 6.07 Å². The lowest BCUT2D eigenvalue weighted by atomic mass is 9.80. The lowest BCUT2D eigenvalue weighted by Crippen LogP contribution is -2.10. The fraction of sp³-hybridized carbons (Fsp3) is 0.286. The molecular weight excluding hydrogens is 292 g/mol. The summed E-state index contributed by atoms with van der Waals surface area (Å²) in [6.45, 7) is 0. The average Bonchev–Trinajstić information content (AvgIpc) is 2.88. The van der Waals surface area contributed by atoms with Gasteiger partial charge >= 0.3 is 0 Å². The van der Waals surface area contributed by atoms with Crippen molar-refractivity contribution in [2.45, 2.75) is 25.2 Å². The van der Waals surface area contributed by atoms with E-state index in [-0.39, 0.29) is 5.75 Å². The van der Waals surface area contributed by atoms with Gasteiger partial charge in [0, 0.05) is 11.1 Å². The highest BCUT2D eigenvalue weighted by Gasteiger charge is 2.22. The molecule has 0 bridgehead atoms. The number of rotatable bonds is 2. The minimum Gasteiger partial charge on any atom is -0.506 e. The van der Waals surface area contributed by atoms with E-state index in [4.69, 9.17) is 23.1 Å². The summed E-state index contributed by atoms with van der Waals surface area (Å²) < 4.78 is 0. The molecular formula is C14H17ClN4O2. The van der Waals surface area contributed by atoms with Crippen molar-refractivity contribution in [1.82, 2.24) is 9.97 Å². The van der Waals surface area contributed by atoms with Crippen LogP contribution in [-0.2, 0) is 0 Å². The number of carbonyl (C=O) groups excluding carboxylic acids is 1. The molecule has 1 aromatic carbocycles. The van der Waals surface area contributed by atoms with Gasteiger partial charge in [-0.1, -0.05) is 18.0 Å². The Bertz CT molecular complexity index is 624. The highest BCUT2D eigenvalue weighted by Crippen LogP contribution is 2.42. The number of hydrogen-bond acceptors (Lipinski definition) is 4. The molecule has 1 heterocycles. The second-order valence-corrected chi connectivity index (χ2v) is 5.30. The number of benzene rings is 1. The fourth-order valence-corrected chi connectivity index (χ4v) is 2.33. The summed E-state index contributed by atoms with van der Waals surface area (Å²) in [5.41, 5.74) is 12.3. The molecule has 6 N–H and O–H groups in total. The summed E-state index contributed by atoms with van der Waals surface area (Å²) >= 11 is 5.99. The molecule has 6 nitrogen and oxygen atoms in total. The van der Waals surface area contributed by atoms with Crippen LogP contribution in [0.15, 0.2) is 24.7 Å². The highest BCUT2D eigenvalue weighted by molar-refractivity contribution is 6.31.